The molecule has 1 aliphatic heterocycles. The van der Waals surface area contributed by atoms with Gasteiger partial charge in [-0.3, -0.25) is 9.48 Å². The molecule has 0 N–H and O–H groups in total. The van der Waals surface area contributed by atoms with Gasteiger partial charge in [-0.15, -0.1) is 0 Å². The number of oxazole rings is 1. The Hall–Kier alpha value is -2.11. The van der Waals surface area contributed by atoms with Gasteiger partial charge < -0.3 is 9.32 Å². The highest BCUT2D eigenvalue weighted by Crippen LogP contribution is 2.37. The lowest BCUT2D eigenvalue weighted by atomic mass is 9.85. The summed E-state index contributed by atoms with van der Waals surface area (Å²) < 4.78 is 7.83. The molecular formula is C18H24N4O2. The fourth-order valence-electron chi connectivity index (χ4n) is 3.52. The Kier molecular flexibility index (Phi) is 3.90. The Labute approximate surface area is 141 Å². The van der Waals surface area contributed by atoms with E-state index < -0.39 is 0 Å². The Morgan fingerprint density at radius 1 is 1.38 bits per heavy atom. The van der Waals surface area contributed by atoms with Crippen LogP contribution >= 0.6 is 0 Å². The summed E-state index contributed by atoms with van der Waals surface area (Å²) in [5.41, 5.74) is 3.05. The van der Waals surface area contributed by atoms with Crippen molar-refractivity contribution >= 4 is 5.91 Å². The number of nitrogens with zero attached hydrogens (tertiary/aromatic N) is 4. The van der Waals surface area contributed by atoms with E-state index in [1.54, 1.807) is 0 Å². The van der Waals surface area contributed by atoms with Crippen molar-refractivity contribution in [2.75, 3.05) is 6.54 Å². The zero-order valence-corrected chi connectivity index (χ0v) is 14.4. The number of hydrogen-bond donors (Lipinski definition) is 0. The van der Waals surface area contributed by atoms with Gasteiger partial charge in [0.05, 0.1) is 12.2 Å². The molecule has 24 heavy (non-hydrogen) atoms. The van der Waals surface area contributed by atoms with Crippen molar-refractivity contribution in [1.29, 1.82) is 0 Å². The van der Waals surface area contributed by atoms with Gasteiger partial charge in [-0.1, -0.05) is 6.42 Å². The molecule has 0 atom stereocenters. The monoisotopic (exact) mass is 328 g/mol. The lowest BCUT2D eigenvalue weighted by Gasteiger charge is -2.25. The molecule has 2 aromatic rings. The molecule has 0 unspecified atom stereocenters. The Morgan fingerprint density at radius 3 is 2.88 bits per heavy atom. The molecule has 128 valence electrons. The molecule has 0 radical (unpaired) electrons. The van der Waals surface area contributed by atoms with E-state index in [2.05, 4.69) is 10.1 Å². The number of hydrogen-bond acceptors (Lipinski definition) is 4. The minimum absolute atomic E-state index is 0.168. The molecule has 1 aliphatic carbocycles. The lowest BCUT2D eigenvalue weighted by molar-refractivity contribution is -0.132. The molecule has 0 spiro atoms. The fraction of sp³-hybridized carbons (Fsp3) is 0.611. The normalized spacial score (nSPS) is 17.7. The summed E-state index contributed by atoms with van der Waals surface area (Å²) in [5, 5.41) is 4.42. The summed E-state index contributed by atoms with van der Waals surface area (Å²) in [5.74, 6) is 2.55. The second kappa shape index (κ2) is 6.07. The van der Waals surface area contributed by atoms with Crippen LogP contribution in [-0.4, -0.2) is 32.1 Å². The molecule has 1 amide bonds. The van der Waals surface area contributed by atoms with Gasteiger partial charge in [0.2, 0.25) is 5.91 Å². The third kappa shape index (κ3) is 2.85. The first-order valence-electron chi connectivity index (χ1n) is 8.87. The first kappa shape index (κ1) is 15.4. The minimum atomic E-state index is 0.168. The van der Waals surface area contributed by atoms with Gasteiger partial charge in [0, 0.05) is 37.5 Å². The summed E-state index contributed by atoms with van der Waals surface area (Å²) in [4.78, 5) is 19.1. The predicted molar refractivity (Wildman–Crippen MR) is 88.5 cm³/mol. The number of aromatic nitrogens is 3. The van der Waals surface area contributed by atoms with Crippen LogP contribution in [0.4, 0.5) is 0 Å². The van der Waals surface area contributed by atoms with Gasteiger partial charge in [-0.25, -0.2) is 4.98 Å². The Balaban J connectivity index is 1.37. The van der Waals surface area contributed by atoms with E-state index in [4.69, 9.17) is 4.42 Å². The van der Waals surface area contributed by atoms with Crippen LogP contribution in [0.25, 0.3) is 0 Å². The van der Waals surface area contributed by atoms with Gasteiger partial charge >= 0.3 is 0 Å². The van der Waals surface area contributed by atoms with E-state index in [0.717, 1.165) is 41.7 Å². The van der Waals surface area contributed by atoms with Crippen molar-refractivity contribution in [3.63, 3.8) is 0 Å². The van der Waals surface area contributed by atoms with E-state index in [-0.39, 0.29) is 5.91 Å². The Morgan fingerprint density at radius 2 is 2.21 bits per heavy atom. The van der Waals surface area contributed by atoms with Crippen LogP contribution in [-0.2, 0) is 24.3 Å². The molecule has 0 aromatic carbocycles. The molecule has 6 nitrogen and oxygen atoms in total. The molecule has 6 heteroatoms. The topological polar surface area (TPSA) is 64.2 Å². The van der Waals surface area contributed by atoms with Gasteiger partial charge in [-0.05, 0) is 32.8 Å². The maximum Gasteiger partial charge on any atom is 0.224 e. The highest BCUT2D eigenvalue weighted by Gasteiger charge is 2.30. The van der Waals surface area contributed by atoms with Crippen LogP contribution in [0.2, 0.25) is 0 Å². The van der Waals surface area contributed by atoms with Gasteiger partial charge in [-0.2, -0.15) is 5.10 Å². The summed E-state index contributed by atoms with van der Waals surface area (Å²) >= 11 is 0. The molecule has 4 rings (SSSR count). The fourth-order valence-corrected chi connectivity index (χ4v) is 3.52. The van der Waals surface area contributed by atoms with Crippen molar-refractivity contribution in [3.8, 4) is 0 Å². The summed E-state index contributed by atoms with van der Waals surface area (Å²) in [6.07, 6.45) is 4.90. The summed E-state index contributed by atoms with van der Waals surface area (Å²) in [6, 6.07) is 2.04. The van der Waals surface area contributed by atoms with Crippen molar-refractivity contribution in [2.45, 2.75) is 65.0 Å². The smallest absolute Gasteiger partial charge is 0.224 e. The van der Waals surface area contributed by atoms with Crippen LogP contribution in [0.15, 0.2) is 10.5 Å². The first-order chi connectivity index (χ1) is 11.6. The molecule has 2 aromatic heterocycles. The van der Waals surface area contributed by atoms with Gasteiger partial charge in [0.15, 0.2) is 5.89 Å². The molecule has 2 aliphatic rings. The number of amides is 1. The number of carbonyl (C=O) groups excluding carboxylic acids is 1. The zero-order chi connectivity index (χ0) is 16.7. The highest BCUT2D eigenvalue weighted by molar-refractivity contribution is 5.76. The van der Waals surface area contributed by atoms with Crippen LogP contribution in [0.5, 0.6) is 0 Å². The third-order valence-corrected chi connectivity index (χ3v) is 5.19. The predicted octanol–water partition coefficient (Wildman–Crippen LogP) is 2.73. The maximum absolute atomic E-state index is 12.5. The number of rotatable bonds is 4. The number of carbonyl (C=O) groups is 1. The van der Waals surface area contributed by atoms with E-state index >= 15 is 0 Å². The highest BCUT2D eigenvalue weighted by atomic mass is 16.4. The van der Waals surface area contributed by atoms with Crippen LogP contribution in [0.3, 0.4) is 0 Å². The van der Waals surface area contributed by atoms with Gasteiger partial charge in [0.25, 0.3) is 0 Å². The van der Waals surface area contributed by atoms with Crippen molar-refractivity contribution in [1.82, 2.24) is 19.7 Å². The second-order valence-corrected chi connectivity index (χ2v) is 7.02. The summed E-state index contributed by atoms with van der Waals surface area (Å²) in [7, 11) is 0. The SMILES string of the molecule is Cc1cc(C)n(CCC(=O)N2CCc3oc(C4CCC4)nc3C2)n1. The molecule has 1 saturated carbocycles. The largest absolute Gasteiger partial charge is 0.445 e. The van der Waals surface area contributed by atoms with Gasteiger partial charge in [0.1, 0.15) is 11.5 Å². The van der Waals surface area contributed by atoms with E-state index in [1.165, 1.54) is 19.3 Å². The lowest BCUT2D eigenvalue weighted by Crippen LogP contribution is -2.36. The zero-order valence-electron chi connectivity index (χ0n) is 14.4. The minimum Gasteiger partial charge on any atom is -0.445 e. The van der Waals surface area contributed by atoms with Crippen LogP contribution in [0.1, 0.15) is 60.3 Å². The quantitative estimate of drug-likeness (QED) is 0.865. The summed E-state index contributed by atoms with van der Waals surface area (Å²) in [6.45, 7) is 5.94. The molecule has 3 heterocycles. The van der Waals surface area contributed by atoms with E-state index in [9.17, 15) is 4.79 Å². The second-order valence-electron chi connectivity index (χ2n) is 7.02. The van der Waals surface area contributed by atoms with Crippen LogP contribution < -0.4 is 0 Å². The molecule has 0 bridgehead atoms. The van der Waals surface area contributed by atoms with Crippen molar-refractivity contribution in [3.05, 3.63) is 34.8 Å². The third-order valence-electron chi connectivity index (χ3n) is 5.19. The van der Waals surface area contributed by atoms with Crippen molar-refractivity contribution in [2.24, 2.45) is 0 Å². The average molecular weight is 328 g/mol. The van der Waals surface area contributed by atoms with E-state index in [0.29, 0.717) is 25.4 Å². The molecule has 1 fully saturated rings. The van der Waals surface area contributed by atoms with E-state index in [1.807, 2.05) is 29.5 Å². The van der Waals surface area contributed by atoms with Crippen molar-refractivity contribution < 1.29 is 9.21 Å². The standard InChI is InChI=1S/C18H24N4O2/c1-12-10-13(2)22(20-12)9-7-17(23)21-8-6-16-15(11-21)19-18(24-16)14-4-3-5-14/h10,14H,3-9,11H2,1-2H3. The number of fused-ring (bicyclic) bond motifs is 1. The first-order valence-corrected chi connectivity index (χ1v) is 8.87. The maximum atomic E-state index is 12.5. The average Bonchev–Trinajstić information content (AvgIpc) is 3.04. The Bertz CT molecular complexity index is 757. The molecular weight excluding hydrogens is 304 g/mol. The molecule has 0 saturated heterocycles. The van der Waals surface area contributed by atoms with Crippen LogP contribution in [0, 0.1) is 13.8 Å². The number of aryl methyl sites for hydroxylation is 3.